The van der Waals surface area contributed by atoms with E-state index < -0.39 is 0 Å². The Morgan fingerprint density at radius 3 is 2.75 bits per heavy atom. The third kappa shape index (κ3) is 3.39. The molecule has 1 aromatic rings. The minimum absolute atomic E-state index is 0.0701. The van der Waals surface area contributed by atoms with Crippen LogP contribution in [0.15, 0.2) is 15.5 Å². The van der Waals surface area contributed by atoms with E-state index in [1.54, 1.807) is 6.20 Å². The lowest BCUT2D eigenvalue weighted by Crippen LogP contribution is -2.36. The van der Waals surface area contributed by atoms with Crippen LogP contribution < -0.4 is 10.9 Å². The molecule has 1 aliphatic carbocycles. The van der Waals surface area contributed by atoms with E-state index in [4.69, 9.17) is 0 Å². The van der Waals surface area contributed by atoms with Crippen LogP contribution in [0.25, 0.3) is 0 Å². The minimum atomic E-state index is -0.0701. The van der Waals surface area contributed by atoms with E-state index in [-0.39, 0.29) is 5.56 Å². The summed E-state index contributed by atoms with van der Waals surface area (Å²) in [5, 5.41) is 7.60. The fourth-order valence-corrected chi connectivity index (χ4v) is 4.08. The lowest BCUT2D eigenvalue weighted by Gasteiger charge is -2.36. The average molecular weight is 360 g/mol. The third-order valence-corrected chi connectivity index (χ3v) is 6.27. The largest absolute Gasteiger partial charge is 0.381 e. The van der Waals surface area contributed by atoms with Crippen molar-refractivity contribution in [2.75, 3.05) is 18.1 Å². The van der Waals surface area contributed by atoms with Crippen LogP contribution in [0.5, 0.6) is 0 Å². The molecular formula is C14H22BrN3OS. The highest BCUT2D eigenvalue weighted by Gasteiger charge is 2.31. The fourth-order valence-electron chi connectivity index (χ4n) is 2.72. The van der Waals surface area contributed by atoms with Crippen LogP contribution in [-0.2, 0) is 6.54 Å². The molecule has 0 amide bonds. The number of rotatable bonds is 5. The molecule has 0 spiro atoms. The van der Waals surface area contributed by atoms with Gasteiger partial charge in [0, 0.05) is 17.8 Å². The second kappa shape index (κ2) is 6.98. The molecule has 20 heavy (non-hydrogen) atoms. The molecule has 1 heterocycles. The Kier molecular flexibility index (Phi) is 5.55. The Labute approximate surface area is 132 Å². The monoisotopic (exact) mass is 359 g/mol. The van der Waals surface area contributed by atoms with Gasteiger partial charge in [0.1, 0.15) is 4.47 Å². The molecule has 0 aromatic carbocycles. The van der Waals surface area contributed by atoms with Gasteiger partial charge >= 0.3 is 0 Å². The number of anilines is 1. The zero-order valence-corrected chi connectivity index (χ0v) is 14.5. The van der Waals surface area contributed by atoms with Crippen molar-refractivity contribution in [2.45, 2.75) is 50.3 Å². The second-order valence-corrected chi connectivity index (χ2v) is 7.36. The molecule has 112 valence electrons. The Balaban J connectivity index is 2.10. The summed E-state index contributed by atoms with van der Waals surface area (Å²) in [5.74, 6) is 0. The van der Waals surface area contributed by atoms with Crippen molar-refractivity contribution in [3.05, 3.63) is 21.0 Å². The molecule has 0 atom stereocenters. The van der Waals surface area contributed by atoms with E-state index in [0.29, 0.717) is 15.8 Å². The molecule has 2 rings (SSSR count). The summed E-state index contributed by atoms with van der Waals surface area (Å²) in [5.41, 5.74) is 0.734. The lowest BCUT2D eigenvalue weighted by atomic mass is 9.88. The van der Waals surface area contributed by atoms with Crippen LogP contribution in [0.3, 0.4) is 0 Å². The summed E-state index contributed by atoms with van der Waals surface area (Å²) < 4.78 is 2.35. The zero-order chi connectivity index (χ0) is 14.6. The molecule has 0 saturated heterocycles. The Morgan fingerprint density at radius 2 is 2.15 bits per heavy atom. The Bertz CT molecular complexity index is 512. The van der Waals surface area contributed by atoms with Crippen LogP contribution in [0.4, 0.5) is 5.69 Å². The van der Waals surface area contributed by atoms with E-state index in [1.807, 2.05) is 18.7 Å². The lowest BCUT2D eigenvalue weighted by molar-refractivity contribution is 0.411. The number of thioether (sulfide) groups is 1. The van der Waals surface area contributed by atoms with Crippen molar-refractivity contribution in [1.29, 1.82) is 0 Å². The van der Waals surface area contributed by atoms with Crippen molar-refractivity contribution >= 4 is 33.4 Å². The van der Waals surface area contributed by atoms with Gasteiger partial charge in [0.15, 0.2) is 0 Å². The number of halogens is 1. The topological polar surface area (TPSA) is 46.9 Å². The molecule has 1 fully saturated rings. The van der Waals surface area contributed by atoms with Gasteiger partial charge in [-0.05, 0) is 42.0 Å². The van der Waals surface area contributed by atoms with Crippen molar-refractivity contribution < 1.29 is 0 Å². The van der Waals surface area contributed by atoms with E-state index in [1.165, 1.54) is 36.8 Å². The maximum absolute atomic E-state index is 12.0. The average Bonchev–Trinajstić information content (AvgIpc) is 2.50. The van der Waals surface area contributed by atoms with E-state index in [0.717, 1.165) is 12.2 Å². The second-order valence-electron chi connectivity index (χ2n) is 5.29. The summed E-state index contributed by atoms with van der Waals surface area (Å²) in [6, 6.07) is 0. The third-order valence-electron chi connectivity index (χ3n) is 4.08. The first-order valence-corrected chi connectivity index (χ1v) is 9.18. The van der Waals surface area contributed by atoms with Crippen LogP contribution in [0, 0.1) is 0 Å². The number of hydrogen-bond acceptors (Lipinski definition) is 4. The Hall–Kier alpha value is -0.490. The summed E-state index contributed by atoms with van der Waals surface area (Å²) in [6.07, 6.45) is 10.4. The van der Waals surface area contributed by atoms with Crippen molar-refractivity contribution in [3.63, 3.8) is 0 Å². The maximum atomic E-state index is 12.0. The first kappa shape index (κ1) is 15.9. The van der Waals surface area contributed by atoms with Gasteiger partial charge in [-0.25, -0.2) is 4.68 Å². The number of nitrogens with zero attached hydrogens (tertiary/aromatic N) is 2. The number of aromatic nitrogens is 2. The molecule has 0 radical (unpaired) electrons. The molecule has 0 aliphatic heterocycles. The smallest absolute Gasteiger partial charge is 0.283 e. The molecule has 1 aliphatic rings. The van der Waals surface area contributed by atoms with Gasteiger partial charge in [-0.2, -0.15) is 16.9 Å². The van der Waals surface area contributed by atoms with Gasteiger partial charge in [-0.15, -0.1) is 0 Å². The molecule has 0 unspecified atom stereocenters. The molecule has 1 N–H and O–H groups in total. The van der Waals surface area contributed by atoms with E-state index in [9.17, 15) is 4.79 Å². The maximum Gasteiger partial charge on any atom is 0.283 e. The quantitative estimate of drug-likeness (QED) is 0.873. The van der Waals surface area contributed by atoms with Gasteiger partial charge < -0.3 is 5.32 Å². The summed E-state index contributed by atoms with van der Waals surface area (Å²) in [4.78, 5) is 12.0. The van der Waals surface area contributed by atoms with Crippen LogP contribution >= 0.6 is 27.7 Å². The Morgan fingerprint density at radius 1 is 1.45 bits per heavy atom. The molecular weight excluding hydrogens is 338 g/mol. The van der Waals surface area contributed by atoms with Gasteiger partial charge in [0.2, 0.25) is 0 Å². The summed E-state index contributed by atoms with van der Waals surface area (Å²) >= 11 is 5.34. The highest BCUT2D eigenvalue weighted by atomic mass is 79.9. The number of hydrogen-bond donors (Lipinski definition) is 1. The number of aryl methyl sites for hydroxylation is 1. The van der Waals surface area contributed by atoms with Crippen molar-refractivity contribution in [2.24, 2.45) is 0 Å². The van der Waals surface area contributed by atoms with Gasteiger partial charge in [-0.1, -0.05) is 19.3 Å². The number of nitrogens with one attached hydrogen (secondary N) is 1. The van der Waals surface area contributed by atoms with Crippen LogP contribution in [0.1, 0.15) is 39.0 Å². The minimum Gasteiger partial charge on any atom is -0.381 e. The first-order valence-electron chi connectivity index (χ1n) is 7.16. The van der Waals surface area contributed by atoms with Crippen molar-refractivity contribution in [1.82, 2.24) is 9.78 Å². The van der Waals surface area contributed by atoms with Crippen molar-refractivity contribution in [3.8, 4) is 0 Å². The molecule has 4 nitrogen and oxygen atoms in total. The van der Waals surface area contributed by atoms with E-state index >= 15 is 0 Å². The van der Waals surface area contributed by atoms with Gasteiger partial charge in [0.05, 0.1) is 11.9 Å². The van der Waals surface area contributed by atoms with Gasteiger partial charge in [0.25, 0.3) is 5.56 Å². The summed E-state index contributed by atoms with van der Waals surface area (Å²) in [6.45, 7) is 3.40. The SMILES string of the molecule is CCn1ncc(NCC2(SC)CCCCC2)c(Br)c1=O. The zero-order valence-electron chi connectivity index (χ0n) is 12.1. The first-order chi connectivity index (χ1) is 9.62. The highest BCUT2D eigenvalue weighted by molar-refractivity contribution is 9.10. The molecule has 1 aromatic heterocycles. The van der Waals surface area contributed by atoms with E-state index in [2.05, 4.69) is 32.6 Å². The normalized spacial score (nSPS) is 17.9. The summed E-state index contributed by atoms with van der Waals surface area (Å²) in [7, 11) is 0. The molecule has 0 bridgehead atoms. The molecule has 6 heteroatoms. The van der Waals surface area contributed by atoms with Crippen LogP contribution in [0.2, 0.25) is 0 Å². The highest BCUT2D eigenvalue weighted by Crippen LogP contribution is 2.38. The van der Waals surface area contributed by atoms with Gasteiger partial charge in [-0.3, -0.25) is 4.79 Å². The fraction of sp³-hybridized carbons (Fsp3) is 0.714. The predicted molar refractivity (Wildman–Crippen MR) is 89.7 cm³/mol. The predicted octanol–water partition coefficient (Wildman–Crippen LogP) is 3.50. The van der Waals surface area contributed by atoms with Crippen LogP contribution in [-0.4, -0.2) is 27.3 Å². The molecule has 1 saturated carbocycles. The standard InChI is InChI=1S/C14H22BrN3OS/c1-3-18-13(19)12(15)11(9-17-18)16-10-14(20-2)7-5-4-6-8-14/h9,16H,3-8,10H2,1-2H3.